The van der Waals surface area contributed by atoms with E-state index in [2.05, 4.69) is 24.7 Å². The Balaban J connectivity index is 1.85. The summed E-state index contributed by atoms with van der Waals surface area (Å²) in [6.07, 6.45) is -4.83. The predicted octanol–water partition coefficient (Wildman–Crippen LogP) is 3.90. The van der Waals surface area contributed by atoms with Gasteiger partial charge in [0.25, 0.3) is 5.91 Å². The number of halogens is 5. The first-order chi connectivity index (χ1) is 13.1. The molecule has 3 rings (SSSR count). The molecule has 0 aliphatic heterocycles. The van der Waals surface area contributed by atoms with Gasteiger partial charge in [0.15, 0.2) is 5.69 Å². The van der Waals surface area contributed by atoms with E-state index in [1.54, 1.807) is 6.92 Å². The number of carbonyl (C=O) groups is 1. The van der Waals surface area contributed by atoms with Crippen LogP contribution in [0.1, 0.15) is 21.1 Å². The molecule has 0 saturated carbocycles. The van der Waals surface area contributed by atoms with Gasteiger partial charge in [-0.2, -0.15) is 27.1 Å². The molecule has 0 atom stereocenters. The molecule has 0 unspecified atom stereocenters. The summed E-state index contributed by atoms with van der Waals surface area (Å²) in [4.78, 5) is 12.4. The summed E-state index contributed by atoms with van der Waals surface area (Å²) in [6, 6.07) is 5.70. The lowest BCUT2D eigenvalue weighted by atomic mass is 10.2. The number of aryl methyl sites for hydroxylation is 1. The van der Waals surface area contributed by atoms with Gasteiger partial charge in [-0.3, -0.25) is 4.79 Å². The van der Waals surface area contributed by atoms with Crippen molar-refractivity contribution in [2.24, 2.45) is 0 Å². The number of hydrogen-bond acceptors (Lipinski definition) is 6. The van der Waals surface area contributed by atoms with Gasteiger partial charge in [-0.15, -0.1) is 5.10 Å². The van der Waals surface area contributed by atoms with Crippen molar-refractivity contribution < 1.29 is 31.5 Å². The molecular weight excluding hydrogens is 409 g/mol. The van der Waals surface area contributed by atoms with Crippen molar-refractivity contribution in [2.75, 3.05) is 5.32 Å². The summed E-state index contributed by atoms with van der Waals surface area (Å²) in [5.41, 5.74) is -0.585. The van der Waals surface area contributed by atoms with E-state index >= 15 is 0 Å². The van der Waals surface area contributed by atoms with Gasteiger partial charge in [0.2, 0.25) is 5.88 Å². The Labute approximate surface area is 157 Å². The largest absolute Gasteiger partial charge is 0.435 e. The van der Waals surface area contributed by atoms with Crippen LogP contribution in [-0.4, -0.2) is 31.9 Å². The van der Waals surface area contributed by atoms with Crippen LogP contribution in [-0.2, 0) is 6.18 Å². The van der Waals surface area contributed by atoms with E-state index in [-0.39, 0.29) is 5.69 Å². The number of anilines is 1. The van der Waals surface area contributed by atoms with Crippen molar-refractivity contribution in [3.63, 3.8) is 0 Å². The number of aromatic nitrogens is 4. The molecule has 0 saturated heterocycles. The number of benzene rings is 1. The number of rotatable bonds is 5. The molecule has 1 N–H and O–H groups in total. The highest BCUT2D eigenvalue weighted by Gasteiger charge is 2.36. The van der Waals surface area contributed by atoms with Crippen LogP contribution in [0.3, 0.4) is 0 Å². The zero-order valence-corrected chi connectivity index (χ0v) is 14.7. The number of amides is 1. The van der Waals surface area contributed by atoms with Crippen LogP contribution in [0.4, 0.5) is 27.6 Å². The maximum Gasteiger partial charge on any atom is 0.435 e. The van der Waals surface area contributed by atoms with Crippen LogP contribution in [0.25, 0.3) is 5.69 Å². The number of carbonyl (C=O) groups excluding carboxylic acids is 1. The number of alkyl halides is 5. The molecule has 3 aromatic rings. The fraction of sp³-hybridized carbons (Fsp3) is 0.200. The normalized spacial score (nSPS) is 11.7. The highest BCUT2D eigenvalue weighted by atomic mass is 32.1. The van der Waals surface area contributed by atoms with Gasteiger partial charge in [-0.05, 0) is 42.7 Å². The lowest BCUT2D eigenvalue weighted by Crippen LogP contribution is -2.12. The number of hydrogen-bond donors (Lipinski definition) is 1. The summed E-state index contributed by atoms with van der Waals surface area (Å²) in [5.74, 6) is -1.23. The molecule has 1 aromatic carbocycles. The topological polar surface area (TPSA) is 81.9 Å². The molecule has 0 aliphatic carbocycles. The molecule has 2 heterocycles. The Morgan fingerprint density at radius 3 is 2.46 bits per heavy atom. The first-order valence-electron chi connectivity index (χ1n) is 7.48. The summed E-state index contributed by atoms with van der Waals surface area (Å²) in [5, 5.41) is 9.57. The van der Waals surface area contributed by atoms with Gasteiger partial charge in [0.1, 0.15) is 4.88 Å². The SMILES string of the molecule is Cc1nnsc1C(=O)Nc1ccc(-n2nc(C(F)(F)F)cc2OC(F)F)cc1. The molecule has 0 spiro atoms. The average Bonchev–Trinajstić information content (AvgIpc) is 3.21. The van der Waals surface area contributed by atoms with Crippen molar-refractivity contribution in [3.8, 4) is 11.6 Å². The Morgan fingerprint density at radius 1 is 1.25 bits per heavy atom. The molecule has 7 nitrogen and oxygen atoms in total. The molecule has 28 heavy (non-hydrogen) atoms. The van der Waals surface area contributed by atoms with E-state index in [0.29, 0.717) is 27.0 Å². The Morgan fingerprint density at radius 2 is 1.93 bits per heavy atom. The fourth-order valence-electron chi connectivity index (χ4n) is 2.18. The second kappa shape index (κ2) is 7.50. The zero-order chi connectivity index (χ0) is 20.5. The van der Waals surface area contributed by atoms with Gasteiger partial charge in [0, 0.05) is 11.8 Å². The predicted molar refractivity (Wildman–Crippen MR) is 87.8 cm³/mol. The third kappa shape index (κ3) is 4.24. The fourth-order valence-corrected chi connectivity index (χ4v) is 2.73. The first kappa shape index (κ1) is 19.7. The van der Waals surface area contributed by atoms with Gasteiger partial charge in [-0.25, -0.2) is 4.68 Å². The quantitative estimate of drug-likeness (QED) is 0.635. The van der Waals surface area contributed by atoms with Gasteiger partial charge in [-0.1, -0.05) is 4.49 Å². The van der Waals surface area contributed by atoms with Gasteiger partial charge < -0.3 is 10.1 Å². The Bertz CT molecular complexity index is 984. The maximum atomic E-state index is 12.8. The Kier molecular flexibility index (Phi) is 5.27. The van der Waals surface area contributed by atoms with E-state index in [4.69, 9.17) is 0 Å². The van der Waals surface area contributed by atoms with Crippen LogP contribution < -0.4 is 10.1 Å². The second-order valence-corrected chi connectivity index (χ2v) is 6.10. The van der Waals surface area contributed by atoms with Crippen LogP contribution in [0, 0.1) is 6.92 Å². The van der Waals surface area contributed by atoms with Crippen molar-refractivity contribution in [1.29, 1.82) is 0 Å². The summed E-state index contributed by atoms with van der Waals surface area (Å²) < 4.78 is 71.8. The summed E-state index contributed by atoms with van der Waals surface area (Å²) in [6.45, 7) is -1.71. The standard InChI is InChI=1S/C15H10F5N5O2S/c1-7-12(28-24-22-7)13(26)21-8-2-4-9(5-3-8)25-11(27-14(16)17)6-10(23-25)15(18,19)20/h2-6,14H,1H3,(H,21,26). The van der Waals surface area contributed by atoms with Crippen molar-refractivity contribution >= 4 is 23.1 Å². The molecule has 148 valence electrons. The minimum atomic E-state index is -4.83. The van der Waals surface area contributed by atoms with E-state index in [1.165, 1.54) is 24.3 Å². The lowest BCUT2D eigenvalue weighted by molar-refractivity contribution is -0.141. The monoisotopic (exact) mass is 419 g/mol. The Hall–Kier alpha value is -3.09. The summed E-state index contributed by atoms with van der Waals surface area (Å²) >= 11 is 0.908. The minimum absolute atomic E-state index is 0.0276. The third-order valence-corrected chi connectivity index (χ3v) is 4.23. The summed E-state index contributed by atoms with van der Waals surface area (Å²) in [7, 11) is 0. The lowest BCUT2D eigenvalue weighted by Gasteiger charge is -2.09. The smallest absolute Gasteiger partial charge is 0.417 e. The maximum absolute atomic E-state index is 12.8. The molecule has 2 aromatic heterocycles. The van der Waals surface area contributed by atoms with Crippen LogP contribution in [0.2, 0.25) is 0 Å². The van der Waals surface area contributed by atoms with E-state index in [1.807, 2.05) is 0 Å². The third-order valence-electron chi connectivity index (χ3n) is 3.40. The molecular formula is C15H10F5N5O2S. The highest BCUT2D eigenvalue weighted by molar-refractivity contribution is 7.08. The van der Waals surface area contributed by atoms with Gasteiger partial charge >= 0.3 is 12.8 Å². The van der Waals surface area contributed by atoms with Crippen molar-refractivity contribution in [1.82, 2.24) is 19.4 Å². The zero-order valence-electron chi connectivity index (χ0n) is 13.9. The van der Waals surface area contributed by atoms with E-state index in [0.717, 1.165) is 11.5 Å². The molecule has 0 bridgehead atoms. The van der Waals surface area contributed by atoms with Crippen molar-refractivity contribution in [3.05, 3.63) is 46.6 Å². The molecule has 0 radical (unpaired) electrons. The van der Waals surface area contributed by atoms with Crippen molar-refractivity contribution in [2.45, 2.75) is 19.7 Å². The number of nitrogens with one attached hydrogen (secondary N) is 1. The minimum Gasteiger partial charge on any atom is -0.417 e. The van der Waals surface area contributed by atoms with Crippen LogP contribution in [0.5, 0.6) is 5.88 Å². The highest BCUT2D eigenvalue weighted by Crippen LogP contribution is 2.32. The van der Waals surface area contributed by atoms with E-state index < -0.39 is 30.3 Å². The molecule has 13 heteroatoms. The number of nitrogens with zero attached hydrogens (tertiary/aromatic N) is 4. The van der Waals surface area contributed by atoms with Gasteiger partial charge in [0.05, 0.1) is 11.4 Å². The molecule has 0 aliphatic rings. The molecule has 0 fully saturated rings. The van der Waals surface area contributed by atoms with Crippen LogP contribution >= 0.6 is 11.5 Å². The van der Waals surface area contributed by atoms with E-state index in [9.17, 15) is 26.7 Å². The number of ether oxygens (including phenoxy) is 1. The first-order valence-corrected chi connectivity index (χ1v) is 8.25. The van der Waals surface area contributed by atoms with Crippen LogP contribution in [0.15, 0.2) is 30.3 Å². The average molecular weight is 419 g/mol. The molecule has 1 amide bonds. The second-order valence-electron chi connectivity index (χ2n) is 5.34.